The highest BCUT2D eigenvalue weighted by Crippen LogP contribution is 2.46. The highest BCUT2D eigenvalue weighted by molar-refractivity contribution is 7.87. The summed E-state index contributed by atoms with van der Waals surface area (Å²) in [5.74, 6) is -2.49. The maximum Gasteiger partial charge on any atom is 0.297 e. The maximum atomic E-state index is 13.2. The van der Waals surface area contributed by atoms with E-state index in [1.165, 1.54) is 54.6 Å². The van der Waals surface area contributed by atoms with E-state index in [4.69, 9.17) is 4.74 Å². The summed E-state index contributed by atoms with van der Waals surface area (Å²) in [4.78, 5) is -0.794. The number of fused-ring (bicyclic) bond motifs is 3. The molecule has 0 unspecified atom stereocenters. The molecule has 83 heavy (non-hydrogen) atoms. The van der Waals surface area contributed by atoms with Gasteiger partial charge in [0.15, 0.2) is 11.4 Å². The quantitative estimate of drug-likeness (QED) is 0.0225. The number of thiazole rings is 1. The molecule has 30 nitrogen and oxygen atoms in total. The standard InChI is InChI=1S/C46H35N9O21S7/c1-23-17-35(36(76-15-6-16-78(58,59)60)22-34(23)50-53-46-47-32-9-5-10-37(43(32)77-46)80(64,65)66)51-48-31-13-12-28-27(42(31)56)11-14-33(44(28)83(73,74)75)49-52-41-40(24-7-3-2-4-8-24)54-55(45(41)57)25-18-29-30(38(19-25)81(67,68)69)20-26(79(61,62)63)21-39(29)82(70,71)72/h2-5,7-14,17-22,56-57H,6,15-16H2,1H3,(H,58,59,60)(H,61,62,63)(H,64,65,66)(H,67,68,69)(H,70,71,72)(H,73,74,75). The molecule has 0 spiro atoms. The molecule has 0 aliphatic heterocycles. The monoisotopic (exact) mass is 1270 g/mol. The van der Waals surface area contributed by atoms with Crippen LogP contribution in [0, 0.1) is 6.92 Å². The van der Waals surface area contributed by atoms with Gasteiger partial charge in [-0.2, -0.15) is 60.3 Å². The smallest absolute Gasteiger partial charge is 0.297 e. The second-order valence-electron chi connectivity index (χ2n) is 17.4. The SMILES string of the molecule is Cc1cc(N=Nc2ccc3c(S(=O)(=O)O)c(N=Nc4c(-c5ccccc5)nn(-c5cc(S(=O)(=O)O)c6cc(S(=O)(=O)O)cc(S(=O)(=O)O)c6c5)c4O)ccc3c2O)c(OCCCS(=O)(=O)O)cc1N=Nc1nc2cccc(S(=O)(=O)O)c2s1. The highest BCUT2D eigenvalue weighted by Gasteiger charge is 2.29. The molecule has 0 aliphatic carbocycles. The third-order valence-electron chi connectivity index (χ3n) is 11.8. The molecule has 9 rings (SSSR count). The Balaban J connectivity index is 1.11. The summed E-state index contributed by atoms with van der Waals surface area (Å²) < 4.78 is 214. The summed E-state index contributed by atoms with van der Waals surface area (Å²) in [6, 6.07) is 20.8. The fourth-order valence-electron chi connectivity index (χ4n) is 8.14. The average Bonchev–Trinajstić information content (AvgIpc) is 3.36. The molecule has 0 saturated heterocycles. The lowest BCUT2D eigenvalue weighted by Crippen LogP contribution is -2.08. The van der Waals surface area contributed by atoms with Crippen molar-refractivity contribution in [1.29, 1.82) is 0 Å². The topological polar surface area (TPSA) is 481 Å². The van der Waals surface area contributed by atoms with Crippen LogP contribution in [0.2, 0.25) is 0 Å². The van der Waals surface area contributed by atoms with E-state index >= 15 is 0 Å². The molecule has 432 valence electrons. The van der Waals surface area contributed by atoms with Crippen LogP contribution in [0.3, 0.4) is 0 Å². The summed E-state index contributed by atoms with van der Waals surface area (Å²) in [5, 5.41) is 50.0. The summed E-state index contributed by atoms with van der Waals surface area (Å²) >= 11 is 0.813. The summed E-state index contributed by atoms with van der Waals surface area (Å²) in [5.41, 5.74) is -1.55. The first-order valence-electron chi connectivity index (χ1n) is 22.7. The zero-order valence-electron chi connectivity index (χ0n) is 41.3. The summed E-state index contributed by atoms with van der Waals surface area (Å²) in [7, 11) is -30.5. The van der Waals surface area contributed by atoms with Crippen molar-refractivity contribution < 1.29 is 92.8 Å². The van der Waals surface area contributed by atoms with Crippen LogP contribution in [0.5, 0.6) is 17.4 Å². The Kier molecular flexibility index (Phi) is 15.7. The minimum atomic E-state index is -5.47. The minimum absolute atomic E-state index is 0.00885. The molecular formula is C46H35N9O21S7. The molecule has 0 aliphatic rings. The van der Waals surface area contributed by atoms with Crippen LogP contribution < -0.4 is 4.74 Å². The van der Waals surface area contributed by atoms with Gasteiger partial charge in [-0.25, -0.2) is 4.98 Å². The molecule has 9 aromatic rings. The molecule has 37 heteroatoms. The number of ether oxygens (including phenoxy) is 1. The number of hydrogen-bond acceptors (Lipinski definition) is 24. The van der Waals surface area contributed by atoms with Crippen LogP contribution in [0.15, 0.2) is 164 Å². The van der Waals surface area contributed by atoms with Gasteiger partial charge in [-0.15, -0.1) is 30.7 Å². The number of azo groups is 3. The van der Waals surface area contributed by atoms with Crippen LogP contribution in [0.1, 0.15) is 12.0 Å². The molecule has 2 heterocycles. The molecule has 8 N–H and O–H groups in total. The maximum absolute atomic E-state index is 13.2. The first kappa shape index (κ1) is 59.4. The third-order valence-corrected chi connectivity index (χ3v) is 18.1. The molecule has 0 amide bonds. The molecule has 0 radical (unpaired) electrons. The number of aryl methyl sites for hydroxylation is 1. The Morgan fingerprint density at radius 2 is 1.17 bits per heavy atom. The van der Waals surface area contributed by atoms with Crippen molar-refractivity contribution in [3.05, 3.63) is 115 Å². The van der Waals surface area contributed by atoms with Crippen molar-refractivity contribution >= 4 is 137 Å². The fraction of sp³-hybridized carbons (Fsp3) is 0.0870. The zero-order chi connectivity index (χ0) is 60.4. The number of phenolic OH excluding ortho intramolecular Hbond substituents is 1. The van der Waals surface area contributed by atoms with Gasteiger partial charge in [0, 0.05) is 33.2 Å². The minimum Gasteiger partial charge on any atom is -0.505 e. The Morgan fingerprint density at radius 1 is 0.554 bits per heavy atom. The van der Waals surface area contributed by atoms with E-state index < -0.39 is 130 Å². The largest absolute Gasteiger partial charge is 0.505 e. The van der Waals surface area contributed by atoms with Gasteiger partial charge in [-0.3, -0.25) is 27.3 Å². The van der Waals surface area contributed by atoms with E-state index in [2.05, 4.69) is 40.8 Å². The van der Waals surface area contributed by atoms with Crippen molar-refractivity contribution in [2.24, 2.45) is 30.7 Å². The average molecular weight is 1270 g/mol. The van der Waals surface area contributed by atoms with Crippen LogP contribution in [-0.4, -0.2) is 115 Å². The second-order valence-corrected chi connectivity index (χ2v) is 26.9. The predicted molar refractivity (Wildman–Crippen MR) is 293 cm³/mol. The predicted octanol–water partition coefficient (Wildman–Crippen LogP) is 9.31. The number of rotatable bonds is 18. The van der Waals surface area contributed by atoms with Gasteiger partial charge in [-0.1, -0.05) is 53.8 Å². The summed E-state index contributed by atoms with van der Waals surface area (Å²) in [6.45, 7) is 1.27. The fourth-order valence-corrected chi connectivity index (χ4v) is 13.3. The molecule has 0 bridgehead atoms. The van der Waals surface area contributed by atoms with Crippen LogP contribution in [-0.2, 0) is 60.7 Å². The number of aromatic nitrogens is 3. The van der Waals surface area contributed by atoms with E-state index in [0.29, 0.717) is 28.4 Å². The Bertz CT molecular complexity index is 5020. The van der Waals surface area contributed by atoms with Gasteiger partial charge in [0.2, 0.25) is 11.0 Å². The number of hydrogen-bond donors (Lipinski definition) is 8. The van der Waals surface area contributed by atoms with Gasteiger partial charge in [0.1, 0.15) is 48.1 Å². The van der Waals surface area contributed by atoms with E-state index in [1.54, 1.807) is 13.0 Å². The summed E-state index contributed by atoms with van der Waals surface area (Å²) in [6.07, 6.45) is -0.203. The van der Waals surface area contributed by atoms with Gasteiger partial charge in [-0.05, 0) is 79.6 Å². The van der Waals surface area contributed by atoms with Crippen molar-refractivity contribution in [3.8, 4) is 34.3 Å². The first-order chi connectivity index (χ1) is 38.7. The van der Waals surface area contributed by atoms with Gasteiger partial charge in [0.05, 0.1) is 38.8 Å². The van der Waals surface area contributed by atoms with Crippen molar-refractivity contribution in [1.82, 2.24) is 14.8 Å². The lowest BCUT2D eigenvalue weighted by atomic mass is 10.1. The van der Waals surface area contributed by atoms with E-state index in [1.807, 2.05) is 0 Å². The molecule has 2 aromatic heterocycles. The molecular weight excluding hydrogens is 1240 g/mol. The molecule has 0 atom stereocenters. The zero-order valence-corrected chi connectivity index (χ0v) is 47.0. The van der Waals surface area contributed by atoms with E-state index in [0.717, 1.165) is 41.7 Å². The number of benzene rings is 7. The lowest BCUT2D eigenvalue weighted by Gasteiger charge is -2.13. The number of nitrogens with zero attached hydrogens (tertiary/aromatic N) is 9. The first-order valence-corrected chi connectivity index (χ1v) is 32.3. The number of aromatic hydroxyl groups is 2. The molecule has 7 aromatic carbocycles. The van der Waals surface area contributed by atoms with Crippen LogP contribution >= 0.6 is 11.3 Å². The lowest BCUT2D eigenvalue weighted by molar-refractivity contribution is 0.317. The van der Waals surface area contributed by atoms with Crippen LogP contribution in [0.4, 0.5) is 33.6 Å². The highest BCUT2D eigenvalue weighted by atomic mass is 32.2. The number of phenols is 1. The second kappa shape index (κ2) is 21.9. The van der Waals surface area contributed by atoms with E-state index in [9.17, 15) is 88.0 Å². The normalized spacial score (nSPS) is 13.2. The Labute approximate surface area is 472 Å². The van der Waals surface area contributed by atoms with Gasteiger partial charge >= 0.3 is 0 Å². The van der Waals surface area contributed by atoms with Gasteiger partial charge < -0.3 is 14.9 Å². The molecule has 0 fully saturated rings. The third kappa shape index (κ3) is 12.7. The van der Waals surface area contributed by atoms with Crippen LogP contribution in [0.25, 0.3) is 48.7 Å². The van der Waals surface area contributed by atoms with Crippen molar-refractivity contribution in [2.75, 3.05) is 12.4 Å². The Hall–Kier alpha value is -8.18. The molecule has 0 saturated carbocycles. The Morgan fingerprint density at radius 3 is 1.82 bits per heavy atom. The van der Waals surface area contributed by atoms with E-state index in [-0.39, 0.29) is 73.2 Å². The van der Waals surface area contributed by atoms with Gasteiger partial charge in [0.25, 0.3) is 60.7 Å². The van der Waals surface area contributed by atoms with Crippen molar-refractivity contribution in [3.63, 3.8) is 0 Å². The van der Waals surface area contributed by atoms with Crippen molar-refractivity contribution in [2.45, 2.75) is 37.8 Å².